The largest absolute Gasteiger partial charge is 0.392 e. The Bertz CT molecular complexity index is 1850. The number of halogens is 5. The van der Waals surface area contributed by atoms with Gasteiger partial charge in [-0.3, -0.25) is 4.79 Å². The van der Waals surface area contributed by atoms with Gasteiger partial charge in [-0.2, -0.15) is 0 Å². The molecule has 0 unspecified atom stereocenters. The van der Waals surface area contributed by atoms with E-state index in [1.54, 1.807) is 30.6 Å². The van der Waals surface area contributed by atoms with Crippen molar-refractivity contribution < 1.29 is 41.3 Å². The Labute approximate surface area is 260 Å². The number of aliphatic hydroxyl groups is 1. The van der Waals surface area contributed by atoms with Crippen molar-refractivity contribution in [3.8, 4) is 0 Å². The van der Waals surface area contributed by atoms with Gasteiger partial charge in [0.25, 0.3) is 5.91 Å². The highest BCUT2D eigenvalue weighted by molar-refractivity contribution is 5.94. The average Bonchev–Trinajstić information content (AvgIpc) is 3.49. The summed E-state index contributed by atoms with van der Waals surface area (Å²) in [5, 5.41) is 11.7. The van der Waals surface area contributed by atoms with E-state index in [4.69, 9.17) is 9.47 Å². The number of rotatable bonds is 8. The third-order valence-corrected chi connectivity index (χ3v) is 8.17. The van der Waals surface area contributed by atoms with E-state index < -0.39 is 46.8 Å². The maximum absolute atomic E-state index is 14.1. The van der Waals surface area contributed by atoms with Crippen molar-refractivity contribution in [3.63, 3.8) is 0 Å². The number of fused-ring (bicyclic) bond motifs is 1. The number of ether oxygens (including phenoxy) is 2. The summed E-state index contributed by atoms with van der Waals surface area (Å²) in [5.41, 5.74) is 3.08. The van der Waals surface area contributed by atoms with E-state index in [0.29, 0.717) is 17.7 Å². The Kier molecular flexibility index (Phi) is 8.85. The second-order valence-corrected chi connectivity index (χ2v) is 11.1. The van der Waals surface area contributed by atoms with Crippen molar-refractivity contribution in [3.05, 3.63) is 136 Å². The number of carbonyl (C=O) groups is 1. The van der Waals surface area contributed by atoms with Gasteiger partial charge in [-0.15, -0.1) is 0 Å². The molecule has 7 nitrogen and oxygen atoms in total. The average molecular weight is 638 g/mol. The Balaban J connectivity index is 1.21. The summed E-state index contributed by atoms with van der Waals surface area (Å²) in [6, 6.07) is 21.9. The molecule has 5 aromatic rings. The van der Waals surface area contributed by atoms with Crippen LogP contribution < -0.4 is 5.32 Å². The van der Waals surface area contributed by atoms with E-state index in [-0.39, 0.29) is 31.3 Å². The lowest BCUT2D eigenvalue weighted by molar-refractivity contribution is -0.276. The predicted octanol–water partition coefficient (Wildman–Crippen LogP) is 6.65. The summed E-state index contributed by atoms with van der Waals surface area (Å²) in [5.74, 6) is -12.7. The maximum Gasteiger partial charge on any atom is 0.257 e. The van der Waals surface area contributed by atoms with E-state index in [2.05, 4.69) is 10.3 Å². The van der Waals surface area contributed by atoms with Crippen LogP contribution in [-0.4, -0.2) is 26.7 Å². The summed E-state index contributed by atoms with van der Waals surface area (Å²) in [4.78, 5) is 16.9. The van der Waals surface area contributed by atoms with Crippen LogP contribution in [0.3, 0.4) is 0 Å². The second kappa shape index (κ2) is 13.0. The molecule has 6 rings (SSSR count). The SMILES string of the molecule is C[C@@H]1[C@H](Cn2cnc3ccccc32)O[C@H](c2ccc(CNC(=O)c3c(F)c(F)c(F)c(F)c3F)cc2)O[C@@H]1c1ccc(CO)cc1. The monoisotopic (exact) mass is 637 g/mol. The molecule has 1 fully saturated rings. The highest BCUT2D eigenvalue weighted by Gasteiger charge is 2.39. The molecule has 0 saturated carbocycles. The molecule has 0 aliphatic carbocycles. The van der Waals surface area contributed by atoms with Crippen molar-refractivity contribution >= 4 is 16.9 Å². The van der Waals surface area contributed by atoms with Crippen LogP contribution in [0.5, 0.6) is 0 Å². The highest BCUT2D eigenvalue weighted by Crippen LogP contribution is 2.42. The zero-order chi connectivity index (χ0) is 32.5. The quantitative estimate of drug-likeness (QED) is 0.113. The fraction of sp³-hybridized carbons (Fsp3) is 0.235. The van der Waals surface area contributed by atoms with Gasteiger partial charge < -0.3 is 24.5 Å². The minimum atomic E-state index is -2.34. The van der Waals surface area contributed by atoms with Crippen molar-refractivity contribution in [2.75, 3.05) is 0 Å². The van der Waals surface area contributed by atoms with Gasteiger partial charge in [-0.1, -0.05) is 67.6 Å². The molecule has 1 aliphatic heterocycles. The summed E-state index contributed by atoms with van der Waals surface area (Å²) in [6.45, 7) is 2.20. The highest BCUT2D eigenvalue weighted by atomic mass is 19.2. The normalized spacial score (nSPS) is 19.8. The van der Waals surface area contributed by atoms with Crippen LogP contribution in [0, 0.1) is 35.0 Å². The van der Waals surface area contributed by atoms with Crippen molar-refractivity contribution in [1.82, 2.24) is 14.9 Å². The molecule has 1 amide bonds. The topological polar surface area (TPSA) is 85.6 Å². The van der Waals surface area contributed by atoms with Gasteiger partial charge in [0.1, 0.15) is 5.56 Å². The number of amides is 1. The molecule has 1 saturated heterocycles. The maximum atomic E-state index is 14.1. The standard InChI is InChI=1S/C34H28F5N3O4/c1-18-25(15-42-17-41-23-4-2-3-5-24(23)42)45-34(46-32(18)21-10-8-20(16-43)9-11-21)22-12-6-19(7-13-22)14-40-33(44)26-27(35)29(37)31(39)30(38)28(26)36/h2-13,17-18,25,32,34,43H,14-16H2,1H3,(H,40,44)/t18-,25+,32+,34+/m1/s1. The number of hydrogen-bond donors (Lipinski definition) is 2. The van der Waals surface area contributed by atoms with E-state index in [0.717, 1.165) is 22.2 Å². The molecule has 1 aliphatic rings. The lowest BCUT2D eigenvalue weighted by Gasteiger charge is -2.41. The molecule has 4 aromatic carbocycles. The zero-order valence-electron chi connectivity index (χ0n) is 24.4. The first kappa shape index (κ1) is 31.3. The van der Waals surface area contributed by atoms with Gasteiger partial charge in [0.2, 0.25) is 5.82 Å². The first-order valence-electron chi connectivity index (χ1n) is 14.4. The van der Waals surface area contributed by atoms with Crippen LogP contribution in [0.1, 0.15) is 51.9 Å². The van der Waals surface area contributed by atoms with Crippen LogP contribution >= 0.6 is 0 Å². The van der Waals surface area contributed by atoms with Gasteiger partial charge >= 0.3 is 0 Å². The minimum Gasteiger partial charge on any atom is -0.392 e. The zero-order valence-corrected chi connectivity index (χ0v) is 24.4. The molecular weight excluding hydrogens is 609 g/mol. The second-order valence-electron chi connectivity index (χ2n) is 11.1. The van der Waals surface area contributed by atoms with Crippen LogP contribution in [0.15, 0.2) is 79.1 Å². The molecule has 0 spiro atoms. The van der Waals surface area contributed by atoms with Crippen LogP contribution in [0.25, 0.3) is 11.0 Å². The Hall–Kier alpha value is -4.65. The van der Waals surface area contributed by atoms with Gasteiger partial charge in [0, 0.05) is 18.0 Å². The molecule has 2 heterocycles. The molecule has 2 N–H and O–H groups in total. The smallest absolute Gasteiger partial charge is 0.257 e. The minimum absolute atomic E-state index is 0.0855. The Morgan fingerprint density at radius 1 is 0.826 bits per heavy atom. The molecular formula is C34H28F5N3O4. The number of aromatic nitrogens is 2. The number of imidazole rings is 1. The van der Waals surface area contributed by atoms with Gasteiger partial charge in [-0.05, 0) is 28.8 Å². The van der Waals surface area contributed by atoms with Crippen molar-refractivity contribution in [2.24, 2.45) is 5.92 Å². The van der Waals surface area contributed by atoms with Gasteiger partial charge in [0.15, 0.2) is 29.6 Å². The van der Waals surface area contributed by atoms with Crippen LogP contribution in [0.2, 0.25) is 0 Å². The summed E-state index contributed by atoms with van der Waals surface area (Å²) >= 11 is 0. The van der Waals surface area contributed by atoms with Crippen LogP contribution in [-0.2, 0) is 29.2 Å². The third kappa shape index (κ3) is 5.98. The third-order valence-electron chi connectivity index (χ3n) is 8.17. The number of benzene rings is 4. The number of hydrogen-bond acceptors (Lipinski definition) is 5. The van der Waals surface area contributed by atoms with E-state index in [1.807, 2.05) is 60.0 Å². The van der Waals surface area contributed by atoms with E-state index in [9.17, 15) is 31.9 Å². The fourth-order valence-electron chi connectivity index (χ4n) is 5.55. The van der Waals surface area contributed by atoms with Gasteiger partial charge in [0.05, 0.1) is 42.7 Å². The Morgan fingerprint density at radius 3 is 2.11 bits per heavy atom. The van der Waals surface area contributed by atoms with Gasteiger partial charge in [-0.25, -0.2) is 26.9 Å². The van der Waals surface area contributed by atoms with Crippen LogP contribution in [0.4, 0.5) is 22.0 Å². The first-order valence-corrected chi connectivity index (χ1v) is 14.4. The lowest BCUT2D eigenvalue weighted by Crippen LogP contribution is -2.39. The summed E-state index contributed by atoms with van der Waals surface area (Å²) in [7, 11) is 0. The summed E-state index contributed by atoms with van der Waals surface area (Å²) < 4.78 is 83.6. The molecule has 0 bridgehead atoms. The van der Waals surface area contributed by atoms with E-state index in [1.165, 1.54) is 0 Å². The number of aliphatic hydroxyl groups excluding tert-OH is 1. The van der Waals surface area contributed by atoms with Crippen molar-refractivity contribution in [2.45, 2.75) is 45.1 Å². The Morgan fingerprint density at radius 2 is 1.43 bits per heavy atom. The first-order chi connectivity index (χ1) is 22.2. The predicted molar refractivity (Wildman–Crippen MR) is 157 cm³/mol. The molecule has 12 heteroatoms. The molecule has 238 valence electrons. The van der Waals surface area contributed by atoms with E-state index >= 15 is 0 Å². The fourth-order valence-corrected chi connectivity index (χ4v) is 5.55. The summed E-state index contributed by atoms with van der Waals surface area (Å²) in [6.07, 6.45) is 0.299. The number of carbonyl (C=O) groups excluding carboxylic acids is 1. The lowest BCUT2D eigenvalue weighted by atomic mass is 9.90. The molecule has 4 atom stereocenters. The molecule has 46 heavy (non-hydrogen) atoms. The molecule has 0 radical (unpaired) electrons. The molecule has 1 aromatic heterocycles. The number of para-hydroxylation sites is 2. The number of nitrogens with one attached hydrogen (secondary N) is 1. The number of nitrogens with zero attached hydrogens (tertiary/aromatic N) is 2. The van der Waals surface area contributed by atoms with Crippen molar-refractivity contribution in [1.29, 1.82) is 0 Å².